The number of aryl methyl sites for hydroxylation is 1. The third-order valence-electron chi connectivity index (χ3n) is 2.71. The van der Waals surface area contributed by atoms with Gasteiger partial charge in [0.2, 0.25) is 0 Å². The number of rotatable bonds is 7. The summed E-state index contributed by atoms with van der Waals surface area (Å²) in [5.74, 6) is -0.751. The molecule has 2 heterocycles. The first kappa shape index (κ1) is 13.2. The maximum Gasteiger partial charge on any atom is 0.303 e. The summed E-state index contributed by atoms with van der Waals surface area (Å²) in [5, 5.41) is 16.6. The van der Waals surface area contributed by atoms with E-state index in [-0.39, 0.29) is 6.42 Å². The van der Waals surface area contributed by atoms with E-state index in [0.717, 1.165) is 24.2 Å². The summed E-state index contributed by atoms with van der Waals surface area (Å²) >= 11 is 0. The Balaban J connectivity index is 1.80. The van der Waals surface area contributed by atoms with Crippen molar-refractivity contribution in [3.8, 4) is 0 Å². The van der Waals surface area contributed by atoms with Crippen LogP contribution in [0.4, 0.5) is 0 Å². The Hall–Kier alpha value is -2.24. The van der Waals surface area contributed by atoms with Gasteiger partial charge in [0, 0.05) is 18.8 Å². The molecule has 0 unspecified atom stereocenters. The highest BCUT2D eigenvalue weighted by atomic mass is 16.4. The van der Waals surface area contributed by atoms with Crippen LogP contribution in [0.2, 0.25) is 0 Å². The van der Waals surface area contributed by atoms with Crippen LogP contribution in [0.25, 0.3) is 0 Å². The van der Waals surface area contributed by atoms with Crippen molar-refractivity contribution in [1.29, 1.82) is 0 Å². The number of aliphatic carboxylic acids is 1. The molecule has 2 aromatic rings. The molecule has 1 N–H and O–H groups in total. The average Bonchev–Trinajstić information content (AvgIpc) is 2.83. The fourth-order valence-corrected chi connectivity index (χ4v) is 1.77. The highest BCUT2D eigenvalue weighted by Gasteiger charge is 2.03. The normalized spacial score (nSPS) is 10.5. The summed E-state index contributed by atoms with van der Waals surface area (Å²) < 4.78 is 1.74. The van der Waals surface area contributed by atoms with Crippen molar-refractivity contribution in [2.45, 2.75) is 32.2 Å². The van der Waals surface area contributed by atoms with E-state index in [0.29, 0.717) is 13.0 Å². The van der Waals surface area contributed by atoms with E-state index in [1.54, 1.807) is 10.9 Å². The molecular weight excluding hydrogens is 244 g/mol. The van der Waals surface area contributed by atoms with Gasteiger partial charge in [-0.25, -0.2) is 4.68 Å². The van der Waals surface area contributed by atoms with Crippen LogP contribution >= 0.6 is 0 Å². The minimum Gasteiger partial charge on any atom is -0.481 e. The molecule has 0 atom stereocenters. The zero-order valence-corrected chi connectivity index (χ0v) is 10.6. The Morgan fingerprint density at radius 1 is 1.26 bits per heavy atom. The quantitative estimate of drug-likeness (QED) is 0.763. The minimum absolute atomic E-state index is 0.210. The molecule has 0 bridgehead atoms. The molecule has 6 heteroatoms. The lowest BCUT2D eigenvalue weighted by Crippen LogP contribution is -2.01. The number of unbranched alkanes of at least 4 members (excludes halogenated alkanes) is 1. The van der Waals surface area contributed by atoms with E-state index in [2.05, 4.69) is 15.3 Å². The smallest absolute Gasteiger partial charge is 0.303 e. The summed E-state index contributed by atoms with van der Waals surface area (Å²) in [6.07, 6.45) is 6.09. The highest BCUT2D eigenvalue weighted by molar-refractivity contribution is 5.66. The average molecular weight is 260 g/mol. The van der Waals surface area contributed by atoms with Gasteiger partial charge in [-0.15, -0.1) is 5.10 Å². The van der Waals surface area contributed by atoms with Crippen molar-refractivity contribution in [3.05, 3.63) is 42.0 Å². The summed E-state index contributed by atoms with van der Waals surface area (Å²) in [4.78, 5) is 14.6. The van der Waals surface area contributed by atoms with Gasteiger partial charge in [0.25, 0.3) is 0 Å². The number of carboxylic acid groups (broad SMARTS) is 1. The van der Waals surface area contributed by atoms with Crippen LogP contribution in [0.1, 0.15) is 30.7 Å². The second kappa shape index (κ2) is 6.63. The molecule has 19 heavy (non-hydrogen) atoms. The van der Waals surface area contributed by atoms with E-state index in [9.17, 15) is 4.79 Å². The van der Waals surface area contributed by atoms with Crippen molar-refractivity contribution in [1.82, 2.24) is 20.0 Å². The third-order valence-corrected chi connectivity index (χ3v) is 2.71. The van der Waals surface area contributed by atoms with Gasteiger partial charge in [-0.1, -0.05) is 11.3 Å². The lowest BCUT2D eigenvalue weighted by molar-refractivity contribution is -0.137. The number of carboxylic acids is 1. The largest absolute Gasteiger partial charge is 0.481 e. The number of hydrogen-bond acceptors (Lipinski definition) is 4. The summed E-state index contributed by atoms with van der Waals surface area (Å²) in [7, 11) is 0. The predicted molar refractivity (Wildman–Crippen MR) is 68.6 cm³/mol. The Bertz CT molecular complexity index is 524. The third kappa shape index (κ3) is 4.50. The van der Waals surface area contributed by atoms with E-state index in [1.807, 2.05) is 24.4 Å². The van der Waals surface area contributed by atoms with Crippen LogP contribution < -0.4 is 0 Å². The highest BCUT2D eigenvalue weighted by Crippen LogP contribution is 2.04. The fraction of sp³-hybridized carbons (Fsp3) is 0.385. The molecule has 6 nitrogen and oxygen atoms in total. The van der Waals surface area contributed by atoms with Crippen LogP contribution in [-0.2, 0) is 17.8 Å². The van der Waals surface area contributed by atoms with Gasteiger partial charge >= 0.3 is 5.97 Å². The van der Waals surface area contributed by atoms with Crippen LogP contribution in [0, 0.1) is 0 Å². The lowest BCUT2D eigenvalue weighted by atomic mass is 10.1. The summed E-state index contributed by atoms with van der Waals surface area (Å²) in [5.41, 5.74) is 1.83. The molecule has 0 amide bonds. The number of nitrogens with zero attached hydrogens (tertiary/aromatic N) is 4. The zero-order valence-electron chi connectivity index (χ0n) is 10.6. The van der Waals surface area contributed by atoms with Crippen molar-refractivity contribution in [2.24, 2.45) is 0 Å². The summed E-state index contributed by atoms with van der Waals surface area (Å²) in [6, 6.07) is 5.75. The van der Waals surface area contributed by atoms with E-state index in [4.69, 9.17) is 5.11 Å². The first-order valence-corrected chi connectivity index (χ1v) is 6.25. The zero-order chi connectivity index (χ0) is 13.5. The monoisotopic (exact) mass is 260 g/mol. The van der Waals surface area contributed by atoms with Gasteiger partial charge in [0.1, 0.15) is 0 Å². The lowest BCUT2D eigenvalue weighted by Gasteiger charge is -1.98. The second-order valence-electron chi connectivity index (χ2n) is 4.33. The van der Waals surface area contributed by atoms with Gasteiger partial charge in [-0.3, -0.25) is 9.78 Å². The molecule has 2 rings (SSSR count). The number of hydrogen-bond donors (Lipinski definition) is 1. The summed E-state index contributed by atoms with van der Waals surface area (Å²) in [6.45, 7) is 0.600. The van der Waals surface area contributed by atoms with Crippen molar-refractivity contribution >= 4 is 5.97 Å². The Kier molecular flexibility index (Phi) is 4.60. The first-order valence-electron chi connectivity index (χ1n) is 6.25. The molecule has 0 saturated heterocycles. The Labute approximate surface area is 111 Å². The van der Waals surface area contributed by atoms with E-state index >= 15 is 0 Å². The number of pyridine rings is 1. The Morgan fingerprint density at radius 2 is 2.16 bits per heavy atom. The molecule has 0 aliphatic rings. The van der Waals surface area contributed by atoms with Crippen molar-refractivity contribution in [3.63, 3.8) is 0 Å². The van der Waals surface area contributed by atoms with Crippen LogP contribution in [0.5, 0.6) is 0 Å². The van der Waals surface area contributed by atoms with E-state index < -0.39 is 5.97 Å². The van der Waals surface area contributed by atoms with Gasteiger partial charge in [0.05, 0.1) is 17.9 Å². The standard InChI is InChI=1S/C13H16N4O2/c18-13(19)7-2-1-6-12-10-17(16-15-12)9-11-5-3-4-8-14-11/h3-5,8,10H,1-2,6-7,9H2,(H,18,19). The van der Waals surface area contributed by atoms with E-state index in [1.165, 1.54) is 0 Å². The number of aromatic nitrogens is 4. The molecule has 0 radical (unpaired) electrons. The van der Waals surface area contributed by atoms with Gasteiger partial charge in [0.15, 0.2) is 0 Å². The molecular formula is C13H16N4O2. The SMILES string of the molecule is O=C(O)CCCCc1cn(Cc2ccccn2)nn1. The van der Waals surface area contributed by atoms with Gasteiger partial charge in [-0.2, -0.15) is 0 Å². The Morgan fingerprint density at radius 3 is 2.89 bits per heavy atom. The van der Waals surface area contributed by atoms with Gasteiger partial charge in [-0.05, 0) is 31.4 Å². The maximum absolute atomic E-state index is 10.4. The molecule has 100 valence electrons. The predicted octanol–water partition coefficient (Wildman–Crippen LogP) is 1.52. The van der Waals surface area contributed by atoms with Crippen molar-refractivity contribution in [2.75, 3.05) is 0 Å². The first-order chi connectivity index (χ1) is 9.24. The molecule has 0 aromatic carbocycles. The molecule has 0 aliphatic heterocycles. The minimum atomic E-state index is -0.751. The van der Waals surface area contributed by atoms with Crippen molar-refractivity contribution < 1.29 is 9.90 Å². The van der Waals surface area contributed by atoms with Gasteiger partial charge < -0.3 is 5.11 Å². The topological polar surface area (TPSA) is 80.9 Å². The molecule has 0 saturated carbocycles. The maximum atomic E-state index is 10.4. The van der Waals surface area contributed by atoms with Crippen LogP contribution in [-0.4, -0.2) is 31.1 Å². The molecule has 0 fully saturated rings. The fourth-order valence-electron chi connectivity index (χ4n) is 1.77. The molecule has 2 aromatic heterocycles. The molecule has 0 aliphatic carbocycles. The van der Waals surface area contributed by atoms with Crippen LogP contribution in [0.15, 0.2) is 30.6 Å². The second-order valence-corrected chi connectivity index (χ2v) is 4.33. The van der Waals surface area contributed by atoms with Crippen LogP contribution in [0.3, 0.4) is 0 Å². The molecule has 0 spiro atoms. The number of carbonyl (C=O) groups is 1.